The van der Waals surface area contributed by atoms with Crippen LogP contribution in [0.4, 0.5) is 5.69 Å². The molecule has 100 valence electrons. The van der Waals surface area contributed by atoms with Gasteiger partial charge in [0.15, 0.2) is 0 Å². The van der Waals surface area contributed by atoms with E-state index in [0.29, 0.717) is 24.6 Å². The molecule has 0 spiro atoms. The summed E-state index contributed by atoms with van der Waals surface area (Å²) in [5.41, 5.74) is 6.33. The lowest BCUT2D eigenvalue weighted by atomic mass is 10.0. The molecular weight excluding hydrogens is 228 g/mol. The van der Waals surface area contributed by atoms with Crippen LogP contribution in [0.15, 0.2) is 24.3 Å². The Bertz CT molecular complexity index is 380. The third-order valence-corrected chi connectivity index (χ3v) is 2.74. The molecule has 0 aromatic heterocycles. The van der Waals surface area contributed by atoms with E-state index >= 15 is 0 Å². The normalized spacial score (nSPS) is 11.9. The zero-order valence-corrected chi connectivity index (χ0v) is 11.1. The first kappa shape index (κ1) is 14.5. The fraction of sp³-hybridized carbons (Fsp3) is 0.500. The number of nitrogens with one attached hydrogen (secondary N) is 1. The maximum atomic E-state index is 12.0. The third kappa shape index (κ3) is 4.04. The highest BCUT2D eigenvalue weighted by atomic mass is 16.5. The Labute approximate surface area is 109 Å². The second-order valence-electron chi connectivity index (χ2n) is 4.14. The van der Waals surface area contributed by atoms with Crippen molar-refractivity contribution in [3.63, 3.8) is 0 Å². The lowest BCUT2D eigenvalue weighted by molar-refractivity contribution is -0.119. The minimum absolute atomic E-state index is 0.0356. The van der Waals surface area contributed by atoms with Gasteiger partial charge in [0.2, 0.25) is 5.91 Å². The summed E-state index contributed by atoms with van der Waals surface area (Å²) in [6.07, 6.45) is 1.75. The molecule has 0 saturated heterocycles. The van der Waals surface area contributed by atoms with Crippen molar-refractivity contribution >= 4 is 11.6 Å². The van der Waals surface area contributed by atoms with E-state index in [4.69, 9.17) is 10.5 Å². The minimum Gasteiger partial charge on any atom is -0.492 e. The molecule has 1 atom stereocenters. The van der Waals surface area contributed by atoms with Gasteiger partial charge in [-0.2, -0.15) is 0 Å². The molecule has 4 heteroatoms. The number of carbonyl (C=O) groups excluding carboxylic acids is 1. The lowest BCUT2D eigenvalue weighted by Gasteiger charge is -2.16. The molecule has 1 aromatic carbocycles. The van der Waals surface area contributed by atoms with Crippen molar-refractivity contribution < 1.29 is 9.53 Å². The van der Waals surface area contributed by atoms with Crippen LogP contribution in [0.25, 0.3) is 0 Å². The van der Waals surface area contributed by atoms with Crippen molar-refractivity contribution in [3.8, 4) is 5.75 Å². The fourth-order valence-electron chi connectivity index (χ4n) is 1.79. The molecule has 0 heterocycles. The number of hydrogen-bond acceptors (Lipinski definition) is 3. The first-order valence-corrected chi connectivity index (χ1v) is 6.45. The maximum Gasteiger partial charge on any atom is 0.228 e. The number of para-hydroxylation sites is 2. The lowest BCUT2D eigenvalue weighted by Crippen LogP contribution is -2.29. The molecule has 3 N–H and O–H groups in total. The van der Waals surface area contributed by atoms with Crippen LogP contribution in [0.1, 0.15) is 26.7 Å². The zero-order chi connectivity index (χ0) is 13.4. The molecule has 4 nitrogen and oxygen atoms in total. The third-order valence-electron chi connectivity index (χ3n) is 2.74. The van der Waals surface area contributed by atoms with Crippen molar-refractivity contribution in [2.45, 2.75) is 26.7 Å². The zero-order valence-electron chi connectivity index (χ0n) is 11.1. The molecule has 0 bridgehead atoms. The molecule has 0 aliphatic rings. The van der Waals surface area contributed by atoms with Crippen LogP contribution in [0.2, 0.25) is 0 Å². The maximum absolute atomic E-state index is 12.0. The highest BCUT2D eigenvalue weighted by molar-refractivity contribution is 5.94. The molecule has 0 aliphatic carbocycles. The van der Waals surface area contributed by atoms with E-state index in [0.717, 1.165) is 12.8 Å². The molecular formula is C14H22N2O2. The standard InChI is InChI=1S/C14H22N2O2/c1-3-7-11(10-15)14(17)16-12-8-5-6-9-13(12)18-4-2/h5-6,8-9,11H,3-4,7,10,15H2,1-2H3,(H,16,17). The summed E-state index contributed by atoms with van der Waals surface area (Å²) >= 11 is 0. The molecule has 0 saturated carbocycles. The predicted molar refractivity (Wildman–Crippen MR) is 73.7 cm³/mol. The van der Waals surface area contributed by atoms with E-state index in [2.05, 4.69) is 5.32 Å². The van der Waals surface area contributed by atoms with Gasteiger partial charge in [-0.1, -0.05) is 25.5 Å². The topological polar surface area (TPSA) is 64.4 Å². The minimum atomic E-state index is -0.135. The smallest absolute Gasteiger partial charge is 0.228 e. The van der Waals surface area contributed by atoms with Crippen LogP contribution in [0, 0.1) is 5.92 Å². The summed E-state index contributed by atoms with van der Waals surface area (Å²) < 4.78 is 5.47. The fourth-order valence-corrected chi connectivity index (χ4v) is 1.79. The molecule has 1 unspecified atom stereocenters. The first-order valence-electron chi connectivity index (χ1n) is 6.45. The van der Waals surface area contributed by atoms with Gasteiger partial charge in [0.25, 0.3) is 0 Å². The Morgan fingerprint density at radius 1 is 1.39 bits per heavy atom. The Kier molecular flexibility index (Phi) is 6.22. The van der Waals surface area contributed by atoms with E-state index in [1.165, 1.54) is 0 Å². The molecule has 0 radical (unpaired) electrons. The van der Waals surface area contributed by atoms with Gasteiger partial charge in [0, 0.05) is 6.54 Å². The Hall–Kier alpha value is -1.55. The number of hydrogen-bond donors (Lipinski definition) is 2. The second-order valence-corrected chi connectivity index (χ2v) is 4.14. The highest BCUT2D eigenvalue weighted by Gasteiger charge is 2.17. The van der Waals surface area contributed by atoms with Gasteiger partial charge in [-0.05, 0) is 25.5 Å². The number of anilines is 1. The summed E-state index contributed by atoms with van der Waals surface area (Å²) in [4.78, 5) is 12.0. The van der Waals surface area contributed by atoms with Crippen molar-refractivity contribution in [1.82, 2.24) is 0 Å². The largest absolute Gasteiger partial charge is 0.492 e. The molecule has 18 heavy (non-hydrogen) atoms. The predicted octanol–water partition coefficient (Wildman–Crippen LogP) is 2.40. The summed E-state index contributed by atoms with van der Waals surface area (Å²) in [5.74, 6) is 0.525. The number of amides is 1. The van der Waals surface area contributed by atoms with Gasteiger partial charge in [0.1, 0.15) is 5.75 Å². The Morgan fingerprint density at radius 2 is 2.11 bits per heavy atom. The summed E-state index contributed by atoms with van der Waals surface area (Å²) in [5, 5.41) is 2.89. The van der Waals surface area contributed by atoms with Crippen LogP contribution in [0.3, 0.4) is 0 Å². The van der Waals surface area contributed by atoms with Crippen LogP contribution in [-0.2, 0) is 4.79 Å². The quantitative estimate of drug-likeness (QED) is 0.781. The van der Waals surface area contributed by atoms with E-state index < -0.39 is 0 Å². The van der Waals surface area contributed by atoms with Gasteiger partial charge in [-0.25, -0.2) is 0 Å². The number of carbonyl (C=O) groups is 1. The van der Waals surface area contributed by atoms with Gasteiger partial charge >= 0.3 is 0 Å². The van der Waals surface area contributed by atoms with Crippen LogP contribution >= 0.6 is 0 Å². The van der Waals surface area contributed by atoms with E-state index in [-0.39, 0.29) is 11.8 Å². The van der Waals surface area contributed by atoms with Crippen molar-refractivity contribution in [3.05, 3.63) is 24.3 Å². The van der Waals surface area contributed by atoms with Gasteiger partial charge in [-0.15, -0.1) is 0 Å². The summed E-state index contributed by atoms with van der Waals surface area (Å²) in [6, 6.07) is 7.43. The van der Waals surface area contributed by atoms with Crippen molar-refractivity contribution in [1.29, 1.82) is 0 Å². The average Bonchev–Trinajstić information content (AvgIpc) is 2.38. The Morgan fingerprint density at radius 3 is 2.72 bits per heavy atom. The monoisotopic (exact) mass is 250 g/mol. The molecule has 1 aromatic rings. The SMILES string of the molecule is CCCC(CN)C(=O)Nc1ccccc1OCC. The summed E-state index contributed by atoms with van der Waals surface area (Å²) in [7, 11) is 0. The average molecular weight is 250 g/mol. The van der Waals surface area contributed by atoms with E-state index in [1.807, 2.05) is 38.1 Å². The number of ether oxygens (including phenoxy) is 1. The van der Waals surface area contributed by atoms with Crippen LogP contribution in [0.5, 0.6) is 5.75 Å². The van der Waals surface area contributed by atoms with E-state index in [9.17, 15) is 4.79 Å². The first-order chi connectivity index (χ1) is 8.72. The molecule has 0 fully saturated rings. The highest BCUT2D eigenvalue weighted by Crippen LogP contribution is 2.24. The number of benzene rings is 1. The van der Waals surface area contributed by atoms with Gasteiger partial charge < -0.3 is 15.8 Å². The van der Waals surface area contributed by atoms with Crippen LogP contribution in [-0.4, -0.2) is 19.1 Å². The molecule has 1 amide bonds. The van der Waals surface area contributed by atoms with Gasteiger partial charge in [-0.3, -0.25) is 4.79 Å². The number of nitrogens with two attached hydrogens (primary N) is 1. The van der Waals surface area contributed by atoms with Gasteiger partial charge in [0.05, 0.1) is 18.2 Å². The second kappa shape index (κ2) is 7.71. The number of rotatable bonds is 7. The Balaban J connectivity index is 2.74. The molecule has 1 rings (SSSR count). The molecule has 0 aliphatic heterocycles. The summed E-state index contributed by atoms with van der Waals surface area (Å²) in [6.45, 7) is 4.90. The van der Waals surface area contributed by atoms with E-state index in [1.54, 1.807) is 0 Å². The van der Waals surface area contributed by atoms with Crippen molar-refractivity contribution in [2.24, 2.45) is 11.7 Å². The van der Waals surface area contributed by atoms with Crippen molar-refractivity contribution in [2.75, 3.05) is 18.5 Å². The van der Waals surface area contributed by atoms with Crippen LogP contribution < -0.4 is 15.8 Å².